The first-order valence-corrected chi connectivity index (χ1v) is 6.66. The zero-order valence-electron chi connectivity index (χ0n) is 12.0. The second-order valence-corrected chi connectivity index (χ2v) is 4.67. The zero-order valence-corrected chi connectivity index (χ0v) is 12.0. The molecule has 1 heterocycles. The Hall–Kier alpha value is -2.41. The first-order chi connectivity index (χ1) is 10.0. The van der Waals surface area contributed by atoms with Crippen LogP contribution in [0, 0.1) is 6.92 Å². The molecule has 1 unspecified atom stereocenters. The third-order valence-electron chi connectivity index (χ3n) is 2.82. The molecule has 0 aliphatic rings. The third kappa shape index (κ3) is 4.57. The highest BCUT2D eigenvalue weighted by Gasteiger charge is 2.06. The number of hydrogen-bond donors (Lipinski definition) is 3. The van der Waals surface area contributed by atoms with Crippen molar-refractivity contribution >= 4 is 11.7 Å². The molecule has 0 aliphatic carbocycles. The lowest BCUT2D eigenvalue weighted by atomic mass is 10.1. The standard InChI is InChI=1S/C14H18N4O3/c1-9(19)11-4-3-5-12(8-11)17-14(20)15-7-6-13-16-10(2)18-21-13/h3-5,8-9,19H,6-7H2,1-2H3,(H2,15,17,20). The van der Waals surface area contributed by atoms with Gasteiger partial charge in [0.1, 0.15) is 0 Å². The molecule has 0 fully saturated rings. The summed E-state index contributed by atoms with van der Waals surface area (Å²) in [7, 11) is 0. The van der Waals surface area contributed by atoms with Crippen molar-refractivity contribution in [3.05, 3.63) is 41.5 Å². The van der Waals surface area contributed by atoms with Crippen molar-refractivity contribution in [2.24, 2.45) is 0 Å². The van der Waals surface area contributed by atoms with Gasteiger partial charge in [0.25, 0.3) is 0 Å². The highest BCUT2D eigenvalue weighted by molar-refractivity contribution is 5.89. The molecular formula is C14H18N4O3. The molecule has 1 atom stereocenters. The summed E-state index contributed by atoms with van der Waals surface area (Å²) >= 11 is 0. The smallest absolute Gasteiger partial charge is 0.319 e. The number of aromatic nitrogens is 2. The van der Waals surface area contributed by atoms with Gasteiger partial charge in [0.05, 0.1) is 6.10 Å². The first-order valence-electron chi connectivity index (χ1n) is 6.66. The molecule has 0 saturated heterocycles. The monoisotopic (exact) mass is 290 g/mol. The largest absolute Gasteiger partial charge is 0.389 e. The predicted octanol–water partition coefficient (Wildman–Crippen LogP) is 1.80. The van der Waals surface area contributed by atoms with E-state index < -0.39 is 6.10 Å². The molecule has 7 heteroatoms. The summed E-state index contributed by atoms with van der Waals surface area (Å²) in [6.07, 6.45) is -0.0994. The molecule has 0 saturated carbocycles. The van der Waals surface area contributed by atoms with Crippen LogP contribution >= 0.6 is 0 Å². The summed E-state index contributed by atoms with van der Waals surface area (Å²) in [5, 5.41) is 18.6. The van der Waals surface area contributed by atoms with E-state index in [1.54, 1.807) is 38.1 Å². The van der Waals surface area contributed by atoms with Gasteiger partial charge in [0.15, 0.2) is 5.82 Å². The molecular weight excluding hydrogens is 272 g/mol. The van der Waals surface area contributed by atoms with Crippen LogP contribution in [0.15, 0.2) is 28.8 Å². The minimum absolute atomic E-state index is 0.325. The van der Waals surface area contributed by atoms with Gasteiger partial charge in [-0.25, -0.2) is 4.79 Å². The number of aliphatic hydroxyl groups excluding tert-OH is 1. The molecule has 1 aromatic heterocycles. The number of nitrogens with one attached hydrogen (secondary N) is 2. The van der Waals surface area contributed by atoms with Crippen LogP contribution in [0.3, 0.4) is 0 Å². The number of aryl methyl sites for hydroxylation is 1. The predicted molar refractivity (Wildman–Crippen MR) is 76.8 cm³/mol. The van der Waals surface area contributed by atoms with Gasteiger partial charge in [-0.3, -0.25) is 0 Å². The number of hydrogen-bond acceptors (Lipinski definition) is 5. The van der Waals surface area contributed by atoms with Gasteiger partial charge < -0.3 is 20.3 Å². The molecule has 2 aromatic rings. The van der Waals surface area contributed by atoms with E-state index in [1.165, 1.54) is 0 Å². The molecule has 1 aromatic carbocycles. The topological polar surface area (TPSA) is 100 Å². The highest BCUT2D eigenvalue weighted by atomic mass is 16.5. The van der Waals surface area contributed by atoms with Crippen LogP contribution in [0.4, 0.5) is 10.5 Å². The van der Waals surface area contributed by atoms with Gasteiger partial charge in [-0.15, -0.1) is 0 Å². The van der Waals surface area contributed by atoms with E-state index >= 15 is 0 Å². The van der Waals surface area contributed by atoms with Crippen LogP contribution in [-0.2, 0) is 6.42 Å². The molecule has 0 spiro atoms. The Morgan fingerprint density at radius 3 is 2.95 bits per heavy atom. The maximum absolute atomic E-state index is 11.7. The van der Waals surface area contributed by atoms with Crippen LogP contribution < -0.4 is 10.6 Å². The summed E-state index contributed by atoms with van der Waals surface area (Å²) < 4.78 is 4.95. The highest BCUT2D eigenvalue weighted by Crippen LogP contribution is 2.16. The second kappa shape index (κ2) is 6.85. The van der Waals surface area contributed by atoms with Crippen molar-refractivity contribution in [2.75, 3.05) is 11.9 Å². The molecule has 112 valence electrons. The zero-order chi connectivity index (χ0) is 15.2. The van der Waals surface area contributed by atoms with Gasteiger partial charge in [0, 0.05) is 18.7 Å². The van der Waals surface area contributed by atoms with Crippen molar-refractivity contribution in [3.8, 4) is 0 Å². The Labute approximate surface area is 122 Å². The van der Waals surface area contributed by atoms with Gasteiger partial charge in [-0.05, 0) is 31.5 Å². The van der Waals surface area contributed by atoms with Crippen molar-refractivity contribution in [1.82, 2.24) is 15.5 Å². The summed E-state index contributed by atoms with van der Waals surface area (Å²) in [5.41, 5.74) is 1.37. The Morgan fingerprint density at radius 1 is 1.48 bits per heavy atom. The van der Waals surface area contributed by atoms with Crippen LogP contribution in [0.2, 0.25) is 0 Å². The summed E-state index contributed by atoms with van der Waals surface area (Å²) in [5.74, 6) is 1.06. The number of urea groups is 1. The number of anilines is 1. The fourth-order valence-corrected chi connectivity index (χ4v) is 1.78. The number of amides is 2. The van der Waals surface area contributed by atoms with Crippen molar-refractivity contribution in [3.63, 3.8) is 0 Å². The summed E-state index contributed by atoms with van der Waals surface area (Å²) in [6.45, 7) is 3.80. The minimum Gasteiger partial charge on any atom is -0.389 e. The average molecular weight is 290 g/mol. The molecule has 0 bridgehead atoms. The van der Waals surface area contributed by atoms with Crippen LogP contribution in [-0.4, -0.2) is 27.8 Å². The van der Waals surface area contributed by atoms with E-state index in [0.717, 1.165) is 5.56 Å². The molecule has 0 aliphatic heterocycles. The molecule has 2 rings (SSSR count). The van der Waals surface area contributed by atoms with E-state index in [1.807, 2.05) is 0 Å². The Morgan fingerprint density at radius 2 is 2.29 bits per heavy atom. The van der Waals surface area contributed by atoms with E-state index in [4.69, 9.17) is 4.52 Å². The fourth-order valence-electron chi connectivity index (χ4n) is 1.78. The molecule has 3 N–H and O–H groups in total. The van der Waals surface area contributed by atoms with E-state index in [9.17, 15) is 9.90 Å². The molecule has 7 nitrogen and oxygen atoms in total. The van der Waals surface area contributed by atoms with E-state index in [0.29, 0.717) is 30.4 Å². The normalized spacial score (nSPS) is 12.0. The summed E-state index contributed by atoms with van der Waals surface area (Å²) in [6, 6.07) is 6.73. The Kier molecular flexibility index (Phi) is 4.89. The number of benzene rings is 1. The second-order valence-electron chi connectivity index (χ2n) is 4.67. The first kappa shape index (κ1) is 15.0. The lowest BCUT2D eigenvalue weighted by molar-refractivity contribution is 0.199. The molecule has 2 amide bonds. The Balaban J connectivity index is 1.80. The van der Waals surface area contributed by atoms with Crippen molar-refractivity contribution < 1.29 is 14.4 Å². The van der Waals surface area contributed by atoms with Crippen LogP contribution in [0.25, 0.3) is 0 Å². The lowest BCUT2D eigenvalue weighted by Crippen LogP contribution is -2.30. The molecule has 21 heavy (non-hydrogen) atoms. The van der Waals surface area contributed by atoms with Crippen LogP contribution in [0.1, 0.15) is 30.3 Å². The van der Waals surface area contributed by atoms with Crippen LogP contribution in [0.5, 0.6) is 0 Å². The van der Waals surface area contributed by atoms with Crippen molar-refractivity contribution in [1.29, 1.82) is 0 Å². The maximum atomic E-state index is 11.7. The van der Waals surface area contributed by atoms with Gasteiger partial charge in [-0.2, -0.15) is 4.98 Å². The summed E-state index contributed by atoms with van der Waals surface area (Å²) in [4.78, 5) is 15.8. The van der Waals surface area contributed by atoms with Gasteiger partial charge >= 0.3 is 6.03 Å². The number of carbonyl (C=O) groups excluding carboxylic acids is 1. The minimum atomic E-state index is -0.574. The number of carbonyl (C=O) groups is 1. The van der Waals surface area contributed by atoms with E-state index in [-0.39, 0.29) is 6.03 Å². The molecule has 0 radical (unpaired) electrons. The van der Waals surface area contributed by atoms with Crippen molar-refractivity contribution in [2.45, 2.75) is 26.4 Å². The SMILES string of the molecule is Cc1noc(CCNC(=O)Nc2cccc(C(C)O)c2)n1. The van der Waals surface area contributed by atoms with Gasteiger partial charge in [0.2, 0.25) is 5.89 Å². The lowest BCUT2D eigenvalue weighted by Gasteiger charge is -2.09. The number of nitrogens with zero attached hydrogens (tertiary/aromatic N) is 2. The Bertz CT molecular complexity index is 610. The third-order valence-corrected chi connectivity index (χ3v) is 2.82. The number of aliphatic hydroxyl groups is 1. The average Bonchev–Trinajstić information content (AvgIpc) is 2.84. The van der Waals surface area contributed by atoms with E-state index in [2.05, 4.69) is 20.8 Å². The maximum Gasteiger partial charge on any atom is 0.319 e. The van der Waals surface area contributed by atoms with Gasteiger partial charge in [-0.1, -0.05) is 17.3 Å². The fraction of sp³-hybridized carbons (Fsp3) is 0.357. The quantitative estimate of drug-likeness (QED) is 0.779. The number of rotatable bonds is 5.